The van der Waals surface area contributed by atoms with Crippen LogP contribution in [0.15, 0.2) is 0 Å². The van der Waals surface area contributed by atoms with Crippen molar-refractivity contribution >= 4 is 0 Å². The zero-order valence-corrected chi connectivity index (χ0v) is 9.69. The molecule has 1 heterocycles. The lowest BCUT2D eigenvalue weighted by atomic mass is 9.76. The summed E-state index contributed by atoms with van der Waals surface area (Å²) in [5, 5.41) is 3.43. The van der Waals surface area contributed by atoms with Gasteiger partial charge >= 0.3 is 0 Å². The average Bonchev–Trinajstić information content (AvgIpc) is 2.03. The Balaban J connectivity index is 2.33. The standard InChI is InChI=1S/C12H25N/c1-10(9-12(2,3)4)11-5-7-13-8-6-11/h10-11,13H,5-9H2,1-4H3. The second-order valence-electron chi connectivity index (χ2n) is 5.83. The highest BCUT2D eigenvalue weighted by molar-refractivity contribution is 4.76. The minimum absolute atomic E-state index is 0.504. The highest BCUT2D eigenvalue weighted by Gasteiger charge is 2.23. The van der Waals surface area contributed by atoms with E-state index < -0.39 is 0 Å². The number of rotatable bonds is 2. The summed E-state index contributed by atoms with van der Waals surface area (Å²) in [7, 11) is 0. The van der Waals surface area contributed by atoms with Crippen LogP contribution in [0.25, 0.3) is 0 Å². The van der Waals surface area contributed by atoms with Gasteiger partial charge in [-0.15, -0.1) is 0 Å². The average molecular weight is 183 g/mol. The van der Waals surface area contributed by atoms with Crippen LogP contribution in [0.2, 0.25) is 0 Å². The van der Waals surface area contributed by atoms with E-state index in [2.05, 4.69) is 33.0 Å². The predicted octanol–water partition coefficient (Wildman–Crippen LogP) is 3.06. The maximum absolute atomic E-state index is 3.43. The van der Waals surface area contributed by atoms with Crippen LogP contribution in [0.4, 0.5) is 0 Å². The molecule has 1 atom stereocenters. The number of hydrogen-bond donors (Lipinski definition) is 1. The molecular weight excluding hydrogens is 158 g/mol. The van der Waals surface area contributed by atoms with E-state index in [-0.39, 0.29) is 0 Å². The SMILES string of the molecule is CC(CC(C)(C)C)C1CCNCC1. The van der Waals surface area contributed by atoms with Crippen molar-refractivity contribution in [2.45, 2.75) is 47.0 Å². The van der Waals surface area contributed by atoms with Gasteiger partial charge in [0.25, 0.3) is 0 Å². The Morgan fingerprint density at radius 2 is 1.77 bits per heavy atom. The highest BCUT2D eigenvalue weighted by atomic mass is 14.9. The van der Waals surface area contributed by atoms with Gasteiger partial charge in [0.1, 0.15) is 0 Å². The minimum Gasteiger partial charge on any atom is -0.317 e. The topological polar surface area (TPSA) is 12.0 Å². The summed E-state index contributed by atoms with van der Waals surface area (Å²) in [6.07, 6.45) is 4.14. The van der Waals surface area contributed by atoms with Crippen molar-refractivity contribution in [1.82, 2.24) is 5.32 Å². The largest absolute Gasteiger partial charge is 0.317 e. The lowest BCUT2D eigenvalue weighted by molar-refractivity contribution is 0.203. The van der Waals surface area contributed by atoms with Gasteiger partial charge < -0.3 is 5.32 Å². The Kier molecular flexibility index (Phi) is 3.78. The van der Waals surface area contributed by atoms with Crippen molar-refractivity contribution in [3.05, 3.63) is 0 Å². The summed E-state index contributed by atoms with van der Waals surface area (Å²) in [5.41, 5.74) is 0.504. The van der Waals surface area contributed by atoms with Crippen molar-refractivity contribution in [3.8, 4) is 0 Å². The molecule has 0 radical (unpaired) electrons. The maximum atomic E-state index is 3.43. The van der Waals surface area contributed by atoms with Crippen molar-refractivity contribution < 1.29 is 0 Å². The lowest BCUT2D eigenvalue weighted by Gasteiger charge is -2.32. The molecule has 0 aromatic rings. The third kappa shape index (κ3) is 4.12. The van der Waals surface area contributed by atoms with Crippen LogP contribution in [-0.4, -0.2) is 13.1 Å². The van der Waals surface area contributed by atoms with Gasteiger partial charge in [0.05, 0.1) is 0 Å². The minimum atomic E-state index is 0.504. The van der Waals surface area contributed by atoms with E-state index in [1.165, 1.54) is 32.4 Å². The van der Waals surface area contributed by atoms with E-state index in [4.69, 9.17) is 0 Å². The number of hydrogen-bond acceptors (Lipinski definition) is 1. The molecule has 0 amide bonds. The van der Waals surface area contributed by atoms with Gasteiger partial charge in [-0.3, -0.25) is 0 Å². The van der Waals surface area contributed by atoms with Crippen LogP contribution in [0.1, 0.15) is 47.0 Å². The van der Waals surface area contributed by atoms with Crippen LogP contribution >= 0.6 is 0 Å². The first-order valence-corrected chi connectivity index (χ1v) is 5.70. The summed E-state index contributed by atoms with van der Waals surface area (Å²) >= 11 is 0. The van der Waals surface area contributed by atoms with Crippen LogP contribution in [-0.2, 0) is 0 Å². The number of piperidine rings is 1. The highest BCUT2D eigenvalue weighted by Crippen LogP contribution is 2.32. The molecule has 0 aromatic carbocycles. The van der Waals surface area contributed by atoms with Crippen LogP contribution in [0.3, 0.4) is 0 Å². The molecule has 1 N–H and O–H groups in total. The van der Waals surface area contributed by atoms with Gasteiger partial charge in [-0.05, 0) is 49.6 Å². The van der Waals surface area contributed by atoms with E-state index in [1.54, 1.807) is 0 Å². The molecule has 1 aliphatic heterocycles. The van der Waals surface area contributed by atoms with Crippen LogP contribution < -0.4 is 5.32 Å². The molecule has 13 heavy (non-hydrogen) atoms. The molecule has 1 fully saturated rings. The van der Waals surface area contributed by atoms with Gasteiger partial charge in [-0.2, -0.15) is 0 Å². The molecule has 1 heteroatoms. The Labute approximate surface area is 83.3 Å². The van der Waals surface area contributed by atoms with E-state index in [0.29, 0.717) is 5.41 Å². The third-order valence-electron chi connectivity index (χ3n) is 3.12. The quantitative estimate of drug-likeness (QED) is 0.694. The van der Waals surface area contributed by atoms with Gasteiger partial charge in [0.15, 0.2) is 0 Å². The fraction of sp³-hybridized carbons (Fsp3) is 1.00. The summed E-state index contributed by atoms with van der Waals surface area (Å²) < 4.78 is 0. The fourth-order valence-electron chi connectivity index (χ4n) is 2.55. The van der Waals surface area contributed by atoms with E-state index >= 15 is 0 Å². The van der Waals surface area contributed by atoms with E-state index in [1.807, 2.05) is 0 Å². The Hall–Kier alpha value is -0.0400. The van der Waals surface area contributed by atoms with E-state index in [9.17, 15) is 0 Å². The van der Waals surface area contributed by atoms with Crippen LogP contribution in [0.5, 0.6) is 0 Å². The second kappa shape index (κ2) is 4.45. The molecule has 0 spiro atoms. The maximum Gasteiger partial charge on any atom is -0.00462 e. The zero-order chi connectivity index (χ0) is 9.90. The van der Waals surface area contributed by atoms with Crippen molar-refractivity contribution in [2.24, 2.45) is 17.3 Å². The Bertz CT molecular complexity index is 140. The first-order valence-electron chi connectivity index (χ1n) is 5.70. The molecule has 1 unspecified atom stereocenters. The molecule has 0 aliphatic carbocycles. The Morgan fingerprint density at radius 3 is 2.23 bits per heavy atom. The van der Waals surface area contributed by atoms with Crippen molar-refractivity contribution in [3.63, 3.8) is 0 Å². The summed E-state index contributed by atoms with van der Waals surface area (Å²) in [6.45, 7) is 12.0. The van der Waals surface area contributed by atoms with Crippen LogP contribution in [0, 0.1) is 17.3 Å². The van der Waals surface area contributed by atoms with Gasteiger partial charge in [0, 0.05) is 0 Å². The molecule has 1 aliphatic rings. The first kappa shape index (κ1) is 11.0. The molecule has 0 bridgehead atoms. The summed E-state index contributed by atoms with van der Waals surface area (Å²) in [6, 6.07) is 0. The predicted molar refractivity (Wildman–Crippen MR) is 58.8 cm³/mol. The summed E-state index contributed by atoms with van der Waals surface area (Å²) in [5.74, 6) is 1.88. The Morgan fingerprint density at radius 1 is 1.23 bits per heavy atom. The lowest BCUT2D eigenvalue weighted by Crippen LogP contribution is -2.32. The number of nitrogens with one attached hydrogen (secondary N) is 1. The monoisotopic (exact) mass is 183 g/mol. The van der Waals surface area contributed by atoms with Crippen molar-refractivity contribution in [1.29, 1.82) is 0 Å². The van der Waals surface area contributed by atoms with Gasteiger partial charge in [-0.1, -0.05) is 27.7 Å². The normalized spacial score (nSPS) is 23.1. The molecule has 0 aromatic heterocycles. The van der Waals surface area contributed by atoms with E-state index in [0.717, 1.165) is 11.8 Å². The molecule has 78 valence electrons. The van der Waals surface area contributed by atoms with Gasteiger partial charge in [0.2, 0.25) is 0 Å². The third-order valence-corrected chi connectivity index (χ3v) is 3.12. The molecule has 0 saturated carbocycles. The molecule has 1 nitrogen and oxygen atoms in total. The molecular formula is C12H25N. The molecule has 1 rings (SSSR count). The zero-order valence-electron chi connectivity index (χ0n) is 9.69. The first-order chi connectivity index (χ1) is 5.99. The van der Waals surface area contributed by atoms with Gasteiger partial charge in [-0.25, -0.2) is 0 Å². The summed E-state index contributed by atoms with van der Waals surface area (Å²) in [4.78, 5) is 0. The smallest absolute Gasteiger partial charge is 0.00462 e. The second-order valence-corrected chi connectivity index (χ2v) is 5.83. The fourth-order valence-corrected chi connectivity index (χ4v) is 2.55. The molecule has 1 saturated heterocycles. The van der Waals surface area contributed by atoms with Crippen molar-refractivity contribution in [2.75, 3.05) is 13.1 Å².